The third-order valence-electron chi connectivity index (χ3n) is 5.22. The molecule has 1 saturated heterocycles. The van der Waals surface area contributed by atoms with E-state index in [1.165, 1.54) is 0 Å². The van der Waals surface area contributed by atoms with E-state index in [0.29, 0.717) is 67.1 Å². The number of H-pyrrole nitrogens is 1. The lowest BCUT2D eigenvalue weighted by atomic mass is 10.1. The number of aromatic nitrogens is 2. The van der Waals surface area contributed by atoms with E-state index in [-0.39, 0.29) is 11.5 Å². The molecule has 3 rings (SSSR count). The number of carbonyl (C=O) groups is 2. The van der Waals surface area contributed by atoms with Gasteiger partial charge in [0.1, 0.15) is 17.7 Å². The summed E-state index contributed by atoms with van der Waals surface area (Å²) in [6, 6.07) is 5.36. The Morgan fingerprint density at radius 2 is 2.07 bits per heavy atom. The van der Waals surface area contributed by atoms with Crippen molar-refractivity contribution < 1.29 is 14.3 Å². The fourth-order valence-corrected chi connectivity index (χ4v) is 3.76. The van der Waals surface area contributed by atoms with Gasteiger partial charge in [0.2, 0.25) is 12.3 Å². The second kappa shape index (κ2) is 9.56. The molecule has 0 aliphatic carbocycles. The lowest BCUT2D eigenvalue weighted by molar-refractivity contribution is -0.117. The second-order valence-electron chi connectivity index (χ2n) is 7.18. The highest BCUT2D eigenvalue weighted by atomic mass is 16.5. The molecule has 0 bridgehead atoms. The average molecular weight is 412 g/mol. The third kappa shape index (κ3) is 4.22. The first kappa shape index (κ1) is 21.5. The van der Waals surface area contributed by atoms with Crippen LogP contribution in [0.25, 0.3) is 11.4 Å². The summed E-state index contributed by atoms with van der Waals surface area (Å²) in [5.74, 6) is 0.926. The van der Waals surface area contributed by atoms with Crippen LogP contribution in [-0.2, 0) is 22.4 Å². The molecule has 0 radical (unpaired) electrons. The standard InChI is InChI=1S/C22H28N4O4/c1-4-11-30-18-8-7-14(26-19(23-13-27)9-10-20(26)28)12-16(18)21-24-17(6-3)15(5-2)22(29)25-21/h7-8,12-13,19H,4-6,9-11H2,1-3H3,(H,23,27)(H,24,25,29). The Morgan fingerprint density at radius 3 is 2.73 bits per heavy atom. The molecule has 2 N–H and O–H groups in total. The molecule has 30 heavy (non-hydrogen) atoms. The van der Waals surface area contributed by atoms with Gasteiger partial charge >= 0.3 is 0 Å². The Kier molecular flexibility index (Phi) is 6.87. The van der Waals surface area contributed by atoms with Crippen LogP contribution in [0.1, 0.15) is 51.3 Å². The third-order valence-corrected chi connectivity index (χ3v) is 5.22. The summed E-state index contributed by atoms with van der Waals surface area (Å²) >= 11 is 0. The number of hydrogen-bond donors (Lipinski definition) is 2. The predicted molar refractivity (Wildman–Crippen MR) is 115 cm³/mol. The van der Waals surface area contributed by atoms with Crippen molar-refractivity contribution in [1.82, 2.24) is 15.3 Å². The maximum absolute atomic E-state index is 12.6. The van der Waals surface area contributed by atoms with Crippen LogP contribution >= 0.6 is 0 Å². The van der Waals surface area contributed by atoms with Crippen molar-refractivity contribution in [3.63, 3.8) is 0 Å². The number of nitrogens with one attached hydrogen (secondary N) is 2. The summed E-state index contributed by atoms with van der Waals surface area (Å²) in [6.45, 7) is 6.43. The largest absolute Gasteiger partial charge is 0.493 e. The minimum absolute atomic E-state index is 0.0699. The van der Waals surface area contributed by atoms with Crippen molar-refractivity contribution in [1.29, 1.82) is 0 Å². The molecule has 2 heterocycles. The van der Waals surface area contributed by atoms with Gasteiger partial charge in [-0.2, -0.15) is 0 Å². The Hall–Kier alpha value is -3.16. The molecule has 1 unspecified atom stereocenters. The molecule has 1 aromatic heterocycles. The summed E-state index contributed by atoms with van der Waals surface area (Å²) in [6.07, 6.45) is 3.18. The van der Waals surface area contributed by atoms with Crippen molar-refractivity contribution in [3.05, 3.63) is 39.8 Å². The highest BCUT2D eigenvalue weighted by molar-refractivity contribution is 5.97. The number of nitrogens with zero attached hydrogens (tertiary/aromatic N) is 2. The van der Waals surface area contributed by atoms with Gasteiger partial charge in [0.25, 0.3) is 5.56 Å². The molecule has 2 aromatic rings. The van der Waals surface area contributed by atoms with Crippen LogP contribution in [0.15, 0.2) is 23.0 Å². The maximum atomic E-state index is 12.6. The number of benzene rings is 1. The Morgan fingerprint density at radius 1 is 1.27 bits per heavy atom. The van der Waals surface area contributed by atoms with Crippen LogP contribution in [0.4, 0.5) is 5.69 Å². The van der Waals surface area contributed by atoms with Crippen molar-refractivity contribution in [2.75, 3.05) is 11.5 Å². The number of aryl methyl sites for hydroxylation is 1. The first-order valence-corrected chi connectivity index (χ1v) is 10.4. The van der Waals surface area contributed by atoms with Crippen molar-refractivity contribution in [2.24, 2.45) is 0 Å². The highest BCUT2D eigenvalue weighted by Crippen LogP contribution is 2.35. The molecular formula is C22H28N4O4. The van der Waals surface area contributed by atoms with Gasteiger partial charge in [-0.25, -0.2) is 4.98 Å². The molecule has 8 heteroatoms. The number of rotatable bonds is 9. The molecule has 8 nitrogen and oxygen atoms in total. The first-order valence-electron chi connectivity index (χ1n) is 10.4. The van der Waals surface area contributed by atoms with E-state index in [9.17, 15) is 14.4 Å². The molecule has 1 atom stereocenters. The second-order valence-corrected chi connectivity index (χ2v) is 7.18. The van der Waals surface area contributed by atoms with Gasteiger partial charge in [-0.05, 0) is 43.9 Å². The van der Waals surface area contributed by atoms with E-state index in [1.807, 2.05) is 20.8 Å². The maximum Gasteiger partial charge on any atom is 0.254 e. The van der Waals surface area contributed by atoms with Crippen LogP contribution in [0, 0.1) is 0 Å². The summed E-state index contributed by atoms with van der Waals surface area (Å²) < 4.78 is 5.89. The SMILES string of the molecule is CCCOc1ccc(N2C(=O)CCC2NC=O)cc1-c1nc(CC)c(CC)c(=O)[nH]1. The summed E-state index contributed by atoms with van der Waals surface area (Å²) in [5.41, 5.74) is 2.50. The topological polar surface area (TPSA) is 104 Å². The van der Waals surface area contributed by atoms with Crippen molar-refractivity contribution >= 4 is 18.0 Å². The van der Waals surface area contributed by atoms with Crippen LogP contribution in [0.3, 0.4) is 0 Å². The van der Waals surface area contributed by atoms with E-state index in [4.69, 9.17) is 9.72 Å². The Bertz CT molecular complexity index is 986. The zero-order valence-electron chi connectivity index (χ0n) is 17.7. The van der Waals surface area contributed by atoms with Crippen molar-refractivity contribution in [3.8, 4) is 17.1 Å². The number of carbonyl (C=O) groups excluding carboxylic acids is 2. The molecule has 0 saturated carbocycles. The van der Waals surface area contributed by atoms with E-state index in [2.05, 4.69) is 10.3 Å². The lowest BCUT2D eigenvalue weighted by Crippen LogP contribution is -2.42. The Labute approximate surface area is 175 Å². The predicted octanol–water partition coefficient (Wildman–Crippen LogP) is 2.55. The van der Waals surface area contributed by atoms with Gasteiger partial charge in [-0.3, -0.25) is 19.3 Å². The quantitative estimate of drug-likeness (QED) is 0.616. The zero-order valence-corrected chi connectivity index (χ0v) is 17.7. The number of amides is 2. The van der Waals surface area contributed by atoms with Gasteiger partial charge in [-0.1, -0.05) is 20.8 Å². The smallest absolute Gasteiger partial charge is 0.254 e. The van der Waals surface area contributed by atoms with Crippen LogP contribution in [0.5, 0.6) is 5.75 Å². The van der Waals surface area contributed by atoms with E-state index >= 15 is 0 Å². The molecule has 1 fully saturated rings. The summed E-state index contributed by atoms with van der Waals surface area (Å²) in [7, 11) is 0. The fraction of sp³-hybridized carbons (Fsp3) is 0.455. The normalized spacial score (nSPS) is 16.0. The van der Waals surface area contributed by atoms with Gasteiger partial charge < -0.3 is 15.0 Å². The summed E-state index contributed by atoms with van der Waals surface area (Å²) in [4.78, 5) is 45.2. The van der Waals surface area contributed by atoms with E-state index < -0.39 is 6.17 Å². The van der Waals surface area contributed by atoms with Crippen LogP contribution in [-0.4, -0.2) is 35.1 Å². The number of anilines is 1. The van der Waals surface area contributed by atoms with Gasteiger partial charge in [0.05, 0.1) is 17.9 Å². The zero-order chi connectivity index (χ0) is 21.7. The summed E-state index contributed by atoms with van der Waals surface area (Å²) in [5, 5.41) is 2.69. The van der Waals surface area contributed by atoms with E-state index in [1.54, 1.807) is 23.1 Å². The first-order chi connectivity index (χ1) is 14.5. The number of ether oxygens (including phenoxy) is 1. The molecule has 1 aliphatic rings. The van der Waals surface area contributed by atoms with Gasteiger partial charge in [0, 0.05) is 17.7 Å². The minimum Gasteiger partial charge on any atom is -0.493 e. The highest BCUT2D eigenvalue weighted by Gasteiger charge is 2.32. The van der Waals surface area contributed by atoms with Crippen LogP contribution in [0.2, 0.25) is 0 Å². The molecule has 0 spiro atoms. The van der Waals surface area contributed by atoms with Gasteiger partial charge in [0.15, 0.2) is 0 Å². The Balaban J connectivity index is 2.13. The molecule has 2 amide bonds. The van der Waals surface area contributed by atoms with Crippen molar-refractivity contribution in [2.45, 2.75) is 59.0 Å². The molecule has 160 valence electrons. The van der Waals surface area contributed by atoms with Gasteiger partial charge in [-0.15, -0.1) is 0 Å². The molecule has 1 aromatic carbocycles. The van der Waals surface area contributed by atoms with E-state index in [0.717, 1.165) is 12.1 Å². The monoisotopic (exact) mass is 412 g/mol. The molecular weight excluding hydrogens is 384 g/mol. The lowest BCUT2D eigenvalue weighted by Gasteiger charge is -2.25. The number of aromatic amines is 1. The average Bonchev–Trinajstić information content (AvgIpc) is 3.11. The molecule has 1 aliphatic heterocycles. The fourth-order valence-electron chi connectivity index (χ4n) is 3.76. The van der Waals surface area contributed by atoms with Crippen LogP contribution < -0.4 is 20.5 Å². The minimum atomic E-state index is -0.397. The number of hydrogen-bond acceptors (Lipinski definition) is 5.